The summed E-state index contributed by atoms with van der Waals surface area (Å²) in [5.41, 5.74) is 0.0587. The van der Waals surface area contributed by atoms with E-state index in [4.69, 9.17) is 16.7 Å². The molecular weight excluding hydrogens is 309 g/mol. The fourth-order valence-corrected chi connectivity index (χ4v) is 3.50. The normalized spacial score (nSPS) is 16.9. The molecule has 5 nitrogen and oxygen atoms in total. The second-order valence-electron chi connectivity index (χ2n) is 4.69. The van der Waals surface area contributed by atoms with E-state index in [1.54, 1.807) is 0 Å². The number of nitrogens with one attached hydrogen (secondary N) is 1. The number of aliphatic carboxylic acids is 1. The quantitative estimate of drug-likeness (QED) is 0.833. The lowest BCUT2D eigenvalue weighted by atomic mass is 10.1. The largest absolute Gasteiger partial charge is 0.480 e. The van der Waals surface area contributed by atoms with Crippen LogP contribution in [0.3, 0.4) is 0 Å². The molecule has 8 heteroatoms. The van der Waals surface area contributed by atoms with Gasteiger partial charge in [0.2, 0.25) is 10.0 Å². The number of halogens is 2. The summed E-state index contributed by atoms with van der Waals surface area (Å²) in [6, 6.07) is 2.34. The highest BCUT2D eigenvalue weighted by Gasteiger charge is 2.38. The number of carboxylic acid groups (broad SMARTS) is 1. The van der Waals surface area contributed by atoms with Gasteiger partial charge >= 0.3 is 5.97 Å². The first-order valence-corrected chi connectivity index (χ1v) is 7.90. The van der Waals surface area contributed by atoms with Gasteiger partial charge in [-0.15, -0.1) is 0 Å². The maximum absolute atomic E-state index is 13.6. The van der Waals surface area contributed by atoms with Crippen LogP contribution in [0.25, 0.3) is 0 Å². The topological polar surface area (TPSA) is 83.5 Å². The molecular formula is C12H13ClFNO4S. The van der Waals surface area contributed by atoms with Crippen LogP contribution in [0.5, 0.6) is 0 Å². The average molecular weight is 322 g/mol. The van der Waals surface area contributed by atoms with Crippen molar-refractivity contribution in [1.29, 1.82) is 0 Å². The summed E-state index contributed by atoms with van der Waals surface area (Å²) in [4.78, 5) is 11.1. The minimum Gasteiger partial charge on any atom is -0.480 e. The third-order valence-corrected chi connectivity index (χ3v) is 5.20. The molecule has 0 heterocycles. The molecule has 1 fully saturated rings. The monoisotopic (exact) mass is 321 g/mol. The molecule has 0 radical (unpaired) electrons. The minimum absolute atomic E-state index is 0.0587. The van der Waals surface area contributed by atoms with Crippen LogP contribution in [-0.2, 0) is 21.2 Å². The zero-order valence-electron chi connectivity index (χ0n) is 10.3. The van der Waals surface area contributed by atoms with Crippen molar-refractivity contribution in [2.24, 2.45) is 0 Å². The summed E-state index contributed by atoms with van der Waals surface area (Å²) in [6.07, 6.45) is 0.744. The highest BCUT2D eigenvalue weighted by molar-refractivity contribution is 7.90. The molecule has 2 rings (SSSR count). The van der Waals surface area contributed by atoms with Gasteiger partial charge in [0.1, 0.15) is 11.9 Å². The predicted molar refractivity (Wildman–Crippen MR) is 71.6 cm³/mol. The van der Waals surface area contributed by atoms with E-state index in [1.807, 2.05) is 0 Å². The Morgan fingerprint density at radius 2 is 2.15 bits per heavy atom. The Balaban J connectivity index is 2.17. The van der Waals surface area contributed by atoms with Gasteiger partial charge < -0.3 is 5.11 Å². The molecule has 1 atom stereocenters. The van der Waals surface area contributed by atoms with Crippen LogP contribution in [0, 0.1) is 5.82 Å². The lowest BCUT2D eigenvalue weighted by Crippen LogP contribution is -2.43. The molecule has 110 valence electrons. The Morgan fingerprint density at radius 1 is 1.50 bits per heavy atom. The van der Waals surface area contributed by atoms with Crippen LogP contribution in [0.1, 0.15) is 18.4 Å². The number of hydrogen-bond donors (Lipinski definition) is 2. The van der Waals surface area contributed by atoms with E-state index in [0.29, 0.717) is 12.8 Å². The molecule has 1 aliphatic rings. The molecule has 0 bridgehead atoms. The first-order valence-electron chi connectivity index (χ1n) is 5.97. The van der Waals surface area contributed by atoms with Gasteiger partial charge in [0, 0.05) is 11.4 Å². The Hall–Kier alpha value is -1.18. The van der Waals surface area contributed by atoms with E-state index in [-0.39, 0.29) is 17.0 Å². The number of carboxylic acids is 1. The van der Waals surface area contributed by atoms with Crippen LogP contribution in [0.15, 0.2) is 18.2 Å². The molecule has 0 spiro atoms. The lowest BCUT2D eigenvalue weighted by molar-refractivity contribution is -0.138. The van der Waals surface area contributed by atoms with Gasteiger partial charge in [-0.25, -0.2) is 17.5 Å². The van der Waals surface area contributed by atoms with Gasteiger partial charge in [0.05, 0.1) is 5.25 Å². The minimum atomic E-state index is -3.66. The Morgan fingerprint density at radius 3 is 2.70 bits per heavy atom. The van der Waals surface area contributed by atoms with Crippen LogP contribution in [0.2, 0.25) is 5.02 Å². The number of hydrogen-bond acceptors (Lipinski definition) is 3. The summed E-state index contributed by atoms with van der Waals surface area (Å²) >= 11 is 5.72. The molecule has 1 aromatic rings. The molecule has 1 aromatic carbocycles. The molecule has 0 amide bonds. The zero-order chi connectivity index (χ0) is 14.9. The third-order valence-electron chi connectivity index (χ3n) is 3.00. The SMILES string of the molecule is O=C(O)[C@H](Cc1cc(Cl)ccc1F)NS(=O)(=O)C1CC1. The second kappa shape index (κ2) is 5.67. The van der Waals surface area contributed by atoms with E-state index in [1.165, 1.54) is 12.1 Å². The molecule has 2 N–H and O–H groups in total. The molecule has 1 saturated carbocycles. The van der Waals surface area contributed by atoms with E-state index in [2.05, 4.69) is 4.72 Å². The lowest BCUT2D eigenvalue weighted by Gasteiger charge is -2.15. The van der Waals surface area contributed by atoms with Crippen molar-refractivity contribution >= 4 is 27.6 Å². The van der Waals surface area contributed by atoms with Crippen LogP contribution in [-0.4, -0.2) is 30.8 Å². The molecule has 20 heavy (non-hydrogen) atoms. The van der Waals surface area contributed by atoms with Crippen molar-refractivity contribution < 1.29 is 22.7 Å². The van der Waals surface area contributed by atoms with Crippen molar-refractivity contribution in [2.45, 2.75) is 30.6 Å². The summed E-state index contributed by atoms with van der Waals surface area (Å²) in [5, 5.41) is 8.80. The van der Waals surface area contributed by atoms with E-state index < -0.39 is 33.1 Å². The molecule has 0 aliphatic heterocycles. The number of benzene rings is 1. The second-order valence-corrected chi connectivity index (χ2v) is 7.12. The molecule has 1 aliphatic carbocycles. The van der Waals surface area contributed by atoms with Crippen LogP contribution >= 0.6 is 11.6 Å². The fraction of sp³-hybridized carbons (Fsp3) is 0.417. The summed E-state index contributed by atoms with van der Waals surface area (Å²) in [5.74, 6) is -1.97. The van der Waals surface area contributed by atoms with Gasteiger partial charge in [0.15, 0.2) is 0 Å². The van der Waals surface area contributed by atoms with Crippen molar-refractivity contribution in [1.82, 2.24) is 4.72 Å². The predicted octanol–water partition coefficient (Wildman–Crippen LogP) is 1.56. The maximum atomic E-state index is 13.6. The van der Waals surface area contributed by atoms with E-state index >= 15 is 0 Å². The van der Waals surface area contributed by atoms with Gasteiger partial charge in [0.25, 0.3) is 0 Å². The Kier molecular flexibility index (Phi) is 4.31. The third kappa shape index (κ3) is 3.68. The maximum Gasteiger partial charge on any atom is 0.322 e. The first-order chi connectivity index (χ1) is 9.29. The molecule has 0 unspecified atom stereocenters. The van der Waals surface area contributed by atoms with Gasteiger partial charge in [-0.05, 0) is 36.6 Å². The van der Waals surface area contributed by atoms with Crippen molar-refractivity contribution in [3.05, 3.63) is 34.6 Å². The summed E-state index contributed by atoms with van der Waals surface area (Å²) < 4.78 is 39.2. The van der Waals surface area contributed by atoms with Gasteiger partial charge in [-0.2, -0.15) is 0 Å². The Labute approximate surface area is 120 Å². The van der Waals surface area contributed by atoms with E-state index in [0.717, 1.165) is 6.07 Å². The van der Waals surface area contributed by atoms with Crippen molar-refractivity contribution in [3.63, 3.8) is 0 Å². The Bertz CT molecular complexity index is 630. The van der Waals surface area contributed by atoms with Gasteiger partial charge in [-0.3, -0.25) is 4.79 Å². The van der Waals surface area contributed by atoms with Crippen LogP contribution < -0.4 is 4.72 Å². The van der Waals surface area contributed by atoms with Crippen LogP contribution in [0.4, 0.5) is 4.39 Å². The molecule has 0 saturated heterocycles. The fourth-order valence-electron chi connectivity index (χ4n) is 1.77. The molecule has 0 aromatic heterocycles. The smallest absolute Gasteiger partial charge is 0.322 e. The number of sulfonamides is 1. The zero-order valence-corrected chi connectivity index (χ0v) is 11.9. The van der Waals surface area contributed by atoms with Crippen molar-refractivity contribution in [2.75, 3.05) is 0 Å². The number of rotatable bonds is 6. The first kappa shape index (κ1) is 15.2. The standard InChI is InChI=1S/C12H13ClFNO4S/c13-8-1-4-10(14)7(5-8)6-11(12(16)17)15-20(18,19)9-2-3-9/h1,4-5,9,11,15H,2-3,6H2,(H,16,17)/t11-/m0/s1. The highest BCUT2D eigenvalue weighted by atomic mass is 35.5. The van der Waals surface area contributed by atoms with E-state index in [9.17, 15) is 17.6 Å². The van der Waals surface area contributed by atoms with Crippen molar-refractivity contribution in [3.8, 4) is 0 Å². The van der Waals surface area contributed by atoms with Gasteiger partial charge in [-0.1, -0.05) is 11.6 Å². The summed E-state index contributed by atoms with van der Waals surface area (Å²) in [7, 11) is -3.66. The summed E-state index contributed by atoms with van der Waals surface area (Å²) in [6.45, 7) is 0. The highest BCUT2D eigenvalue weighted by Crippen LogP contribution is 2.28. The average Bonchev–Trinajstić information content (AvgIpc) is 3.16. The number of carbonyl (C=O) groups is 1.